The monoisotopic (exact) mass is 343 g/mol. The molecule has 0 bridgehead atoms. The summed E-state index contributed by atoms with van der Waals surface area (Å²) in [5, 5.41) is 3.82. The van der Waals surface area contributed by atoms with Crippen molar-refractivity contribution in [1.29, 1.82) is 0 Å². The van der Waals surface area contributed by atoms with Gasteiger partial charge in [0.05, 0.1) is 16.6 Å². The van der Waals surface area contributed by atoms with Crippen LogP contribution in [0.2, 0.25) is 0 Å². The zero-order valence-electron chi connectivity index (χ0n) is 13.4. The van der Waals surface area contributed by atoms with Gasteiger partial charge in [-0.1, -0.05) is 0 Å². The molecule has 24 heavy (non-hydrogen) atoms. The smallest absolute Gasteiger partial charge is 0.254 e. The van der Waals surface area contributed by atoms with Crippen molar-refractivity contribution >= 4 is 28.3 Å². The predicted molar refractivity (Wildman–Crippen MR) is 92.9 cm³/mol. The van der Waals surface area contributed by atoms with E-state index in [1.54, 1.807) is 12.1 Å². The summed E-state index contributed by atoms with van der Waals surface area (Å²) >= 11 is 1.54. The maximum Gasteiger partial charge on any atom is 0.254 e. The van der Waals surface area contributed by atoms with Gasteiger partial charge >= 0.3 is 0 Å². The molecule has 0 unspecified atom stereocenters. The first-order chi connectivity index (χ1) is 11.6. The van der Waals surface area contributed by atoms with E-state index in [4.69, 9.17) is 0 Å². The molecule has 1 amide bonds. The molecular formula is C18H18FN3OS. The number of piperidine rings is 1. The van der Waals surface area contributed by atoms with Gasteiger partial charge in [0.15, 0.2) is 0 Å². The molecule has 0 saturated carbocycles. The SMILES string of the molecule is Cc1nc2ccc(F)cc2n1C1CCN(C(=O)c2ccsc2)CC1. The summed E-state index contributed by atoms with van der Waals surface area (Å²) in [6.45, 7) is 3.39. The van der Waals surface area contributed by atoms with Crippen LogP contribution < -0.4 is 0 Å². The highest BCUT2D eigenvalue weighted by atomic mass is 32.1. The summed E-state index contributed by atoms with van der Waals surface area (Å²) in [7, 11) is 0. The predicted octanol–water partition coefficient (Wildman–Crippen LogP) is 4.02. The fourth-order valence-electron chi connectivity index (χ4n) is 3.54. The quantitative estimate of drug-likeness (QED) is 0.705. The number of fused-ring (bicyclic) bond motifs is 1. The molecule has 3 aromatic rings. The van der Waals surface area contributed by atoms with Crippen LogP contribution in [-0.4, -0.2) is 33.4 Å². The van der Waals surface area contributed by atoms with E-state index in [9.17, 15) is 9.18 Å². The molecule has 1 fully saturated rings. The molecule has 4 rings (SSSR count). The van der Waals surface area contributed by atoms with Gasteiger partial charge in [-0.05, 0) is 49.4 Å². The Morgan fingerprint density at radius 2 is 2.08 bits per heavy atom. The van der Waals surface area contributed by atoms with Crippen LogP contribution >= 0.6 is 11.3 Å². The lowest BCUT2D eigenvalue weighted by atomic mass is 10.0. The molecule has 1 aliphatic heterocycles. The number of nitrogens with zero attached hydrogens (tertiary/aromatic N) is 3. The van der Waals surface area contributed by atoms with E-state index in [0.29, 0.717) is 13.1 Å². The third kappa shape index (κ3) is 2.60. The van der Waals surface area contributed by atoms with Crippen molar-refractivity contribution in [2.45, 2.75) is 25.8 Å². The average molecular weight is 343 g/mol. The van der Waals surface area contributed by atoms with Crippen LogP contribution in [0.4, 0.5) is 4.39 Å². The maximum atomic E-state index is 13.6. The van der Waals surface area contributed by atoms with Gasteiger partial charge in [0.2, 0.25) is 0 Å². The second-order valence-corrected chi connectivity index (χ2v) is 6.98. The van der Waals surface area contributed by atoms with E-state index in [-0.39, 0.29) is 17.8 Å². The molecule has 0 radical (unpaired) electrons. The molecular weight excluding hydrogens is 325 g/mol. The number of halogens is 1. The van der Waals surface area contributed by atoms with Crippen LogP contribution in [0.3, 0.4) is 0 Å². The van der Waals surface area contributed by atoms with Crippen LogP contribution in [0.15, 0.2) is 35.0 Å². The van der Waals surface area contributed by atoms with Gasteiger partial charge in [-0.25, -0.2) is 9.37 Å². The summed E-state index contributed by atoms with van der Waals surface area (Å²) in [5.41, 5.74) is 2.44. The molecule has 4 nitrogen and oxygen atoms in total. The molecule has 0 aliphatic carbocycles. The van der Waals surface area contributed by atoms with E-state index >= 15 is 0 Å². The molecule has 0 spiro atoms. The number of carbonyl (C=O) groups excluding carboxylic acids is 1. The Labute approximate surface area is 143 Å². The van der Waals surface area contributed by atoms with Crippen LogP contribution in [0.1, 0.15) is 35.1 Å². The number of hydrogen-bond acceptors (Lipinski definition) is 3. The Bertz CT molecular complexity index is 879. The molecule has 0 N–H and O–H groups in total. The lowest BCUT2D eigenvalue weighted by Gasteiger charge is -2.33. The number of aromatic nitrogens is 2. The highest BCUT2D eigenvalue weighted by Crippen LogP contribution is 2.29. The average Bonchev–Trinajstić information content (AvgIpc) is 3.21. The number of benzene rings is 1. The Morgan fingerprint density at radius 1 is 1.29 bits per heavy atom. The van der Waals surface area contributed by atoms with Crippen molar-refractivity contribution in [3.63, 3.8) is 0 Å². The van der Waals surface area contributed by atoms with Crippen molar-refractivity contribution in [2.24, 2.45) is 0 Å². The summed E-state index contributed by atoms with van der Waals surface area (Å²) in [4.78, 5) is 18.9. The molecule has 3 heterocycles. The number of aryl methyl sites for hydroxylation is 1. The van der Waals surface area contributed by atoms with Gasteiger partial charge in [-0.3, -0.25) is 4.79 Å². The number of thiophene rings is 1. The minimum Gasteiger partial charge on any atom is -0.338 e. The second kappa shape index (κ2) is 6.02. The largest absolute Gasteiger partial charge is 0.338 e. The zero-order chi connectivity index (χ0) is 16.7. The highest BCUT2D eigenvalue weighted by molar-refractivity contribution is 7.08. The van der Waals surface area contributed by atoms with Gasteiger partial charge in [0.1, 0.15) is 11.6 Å². The summed E-state index contributed by atoms with van der Waals surface area (Å²) in [5.74, 6) is 0.764. The third-order valence-corrected chi connectivity index (χ3v) is 5.40. The van der Waals surface area contributed by atoms with Crippen LogP contribution in [0.5, 0.6) is 0 Å². The van der Waals surface area contributed by atoms with Gasteiger partial charge < -0.3 is 9.47 Å². The molecule has 1 saturated heterocycles. The molecule has 124 valence electrons. The summed E-state index contributed by atoms with van der Waals surface area (Å²) < 4.78 is 15.8. The molecule has 0 atom stereocenters. The van der Waals surface area contributed by atoms with E-state index in [0.717, 1.165) is 35.3 Å². The van der Waals surface area contributed by atoms with Crippen LogP contribution in [-0.2, 0) is 0 Å². The van der Waals surface area contributed by atoms with Crippen molar-refractivity contribution < 1.29 is 9.18 Å². The lowest BCUT2D eigenvalue weighted by Crippen LogP contribution is -2.39. The van der Waals surface area contributed by atoms with E-state index in [1.807, 2.05) is 28.7 Å². The first kappa shape index (κ1) is 15.3. The van der Waals surface area contributed by atoms with Crippen molar-refractivity contribution in [1.82, 2.24) is 14.5 Å². The molecule has 1 aliphatic rings. The van der Waals surface area contributed by atoms with Crippen molar-refractivity contribution in [3.8, 4) is 0 Å². The Morgan fingerprint density at radius 3 is 2.79 bits per heavy atom. The standard InChI is InChI=1S/C18H18FN3OS/c1-12-20-16-3-2-14(19)10-17(16)22(12)15-4-7-21(8-5-15)18(23)13-6-9-24-11-13/h2-3,6,9-11,15H,4-5,7-8H2,1H3. The highest BCUT2D eigenvalue weighted by Gasteiger charge is 2.26. The topological polar surface area (TPSA) is 38.1 Å². The third-order valence-electron chi connectivity index (χ3n) is 4.71. The summed E-state index contributed by atoms with van der Waals surface area (Å²) in [6.07, 6.45) is 1.72. The number of carbonyl (C=O) groups is 1. The first-order valence-electron chi connectivity index (χ1n) is 8.09. The van der Waals surface area contributed by atoms with Crippen LogP contribution in [0.25, 0.3) is 11.0 Å². The number of imidazole rings is 1. The number of rotatable bonds is 2. The summed E-state index contributed by atoms with van der Waals surface area (Å²) in [6, 6.07) is 6.85. The van der Waals surface area contributed by atoms with Gasteiger partial charge in [-0.15, -0.1) is 0 Å². The second-order valence-electron chi connectivity index (χ2n) is 6.20. The van der Waals surface area contributed by atoms with Gasteiger partial charge in [0, 0.05) is 24.5 Å². The van der Waals surface area contributed by atoms with Gasteiger partial charge in [-0.2, -0.15) is 11.3 Å². The maximum absolute atomic E-state index is 13.6. The van der Waals surface area contributed by atoms with Crippen molar-refractivity contribution in [2.75, 3.05) is 13.1 Å². The van der Waals surface area contributed by atoms with E-state index in [1.165, 1.54) is 17.4 Å². The normalized spacial score (nSPS) is 16.0. The van der Waals surface area contributed by atoms with Crippen LogP contribution in [0, 0.1) is 12.7 Å². The Hall–Kier alpha value is -2.21. The fraction of sp³-hybridized carbons (Fsp3) is 0.333. The lowest BCUT2D eigenvalue weighted by molar-refractivity contribution is 0.0696. The van der Waals surface area contributed by atoms with Gasteiger partial charge in [0.25, 0.3) is 5.91 Å². The molecule has 2 aromatic heterocycles. The number of likely N-dealkylation sites (tertiary alicyclic amines) is 1. The number of amides is 1. The fourth-order valence-corrected chi connectivity index (χ4v) is 4.17. The van der Waals surface area contributed by atoms with Crippen molar-refractivity contribution in [3.05, 3.63) is 52.2 Å². The van der Waals surface area contributed by atoms with E-state index in [2.05, 4.69) is 9.55 Å². The molecule has 1 aromatic carbocycles. The minimum atomic E-state index is -0.242. The first-order valence-corrected chi connectivity index (χ1v) is 9.03. The molecule has 6 heteroatoms. The zero-order valence-corrected chi connectivity index (χ0v) is 14.2. The Kier molecular flexibility index (Phi) is 3.84. The minimum absolute atomic E-state index is 0.105. The Balaban J connectivity index is 1.55. The van der Waals surface area contributed by atoms with E-state index < -0.39 is 0 Å². The number of hydrogen-bond donors (Lipinski definition) is 0.